The van der Waals surface area contributed by atoms with Gasteiger partial charge in [-0.15, -0.1) is 0 Å². The molecule has 0 aromatic heterocycles. The van der Waals surface area contributed by atoms with Gasteiger partial charge in [-0.3, -0.25) is 4.79 Å². The summed E-state index contributed by atoms with van der Waals surface area (Å²) in [7, 11) is 0. The predicted octanol–water partition coefficient (Wildman–Crippen LogP) is 3.52. The highest BCUT2D eigenvalue weighted by Gasteiger charge is 2.41. The van der Waals surface area contributed by atoms with Crippen LogP contribution in [0.2, 0.25) is 10.0 Å². The summed E-state index contributed by atoms with van der Waals surface area (Å²) in [5.74, 6) is -0.00885. The summed E-state index contributed by atoms with van der Waals surface area (Å²) in [6.45, 7) is 0. The summed E-state index contributed by atoms with van der Waals surface area (Å²) in [5.41, 5.74) is 0.738. The van der Waals surface area contributed by atoms with Crippen LogP contribution in [0.15, 0.2) is 24.3 Å². The number of benzene rings is 1. The molecule has 0 spiro atoms. The number of carbonyl (C=O) groups excluding carboxylic acids is 1. The molecule has 2 saturated heterocycles. The zero-order valence-corrected chi connectivity index (χ0v) is 13.0. The van der Waals surface area contributed by atoms with Gasteiger partial charge in [-0.05, 0) is 55.5 Å². The summed E-state index contributed by atoms with van der Waals surface area (Å²) in [4.78, 5) is 14.3. The Labute approximate surface area is 134 Å². The summed E-state index contributed by atoms with van der Waals surface area (Å²) >= 11 is 12.0. The van der Waals surface area contributed by atoms with Crippen molar-refractivity contribution in [2.45, 2.75) is 43.9 Å². The molecule has 0 saturated carbocycles. The summed E-state index contributed by atoms with van der Waals surface area (Å²) in [6.07, 6.45) is 6.35. The summed E-state index contributed by atoms with van der Waals surface area (Å²) in [6, 6.07) is 5.52. The van der Waals surface area contributed by atoms with E-state index < -0.39 is 0 Å². The summed E-state index contributed by atoms with van der Waals surface area (Å²) < 4.78 is 0. The SMILES string of the molecule is O=C(C=Cc1cc(Cl)ccc1Cl)N1C2CCC1CC(O)C2. The normalized spacial score (nSPS) is 28.3. The molecule has 1 aromatic carbocycles. The fraction of sp³-hybridized carbons (Fsp3) is 0.438. The third kappa shape index (κ3) is 3.10. The van der Waals surface area contributed by atoms with Gasteiger partial charge in [0.05, 0.1) is 6.10 Å². The monoisotopic (exact) mass is 325 g/mol. The van der Waals surface area contributed by atoms with Gasteiger partial charge >= 0.3 is 0 Å². The maximum Gasteiger partial charge on any atom is 0.247 e. The number of aliphatic hydroxyl groups is 1. The first-order valence-corrected chi connectivity index (χ1v) is 7.93. The van der Waals surface area contributed by atoms with E-state index in [1.807, 2.05) is 4.90 Å². The Kier molecular flexibility index (Phi) is 4.25. The lowest BCUT2D eigenvalue weighted by Crippen LogP contribution is -2.47. The fourth-order valence-corrected chi connectivity index (χ4v) is 3.76. The second kappa shape index (κ2) is 5.99. The molecule has 5 heteroatoms. The van der Waals surface area contributed by atoms with Crippen molar-refractivity contribution in [3.8, 4) is 0 Å². The van der Waals surface area contributed by atoms with Crippen molar-refractivity contribution in [1.82, 2.24) is 4.90 Å². The van der Waals surface area contributed by atoms with Gasteiger partial charge in [0.15, 0.2) is 0 Å². The van der Waals surface area contributed by atoms with Gasteiger partial charge in [0.2, 0.25) is 5.91 Å². The van der Waals surface area contributed by atoms with Crippen LogP contribution in [0.4, 0.5) is 0 Å². The van der Waals surface area contributed by atoms with Crippen molar-refractivity contribution in [2.24, 2.45) is 0 Å². The lowest BCUT2D eigenvalue weighted by Gasteiger charge is -2.36. The van der Waals surface area contributed by atoms with E-state index in [0.29, 0.717) is 22.9 Å². The number of nitrogens with zero attached hydrogens (tertiary/aromatic N) is 1. The highest BCUT2D eigenvalue weighted by molar-refractivity contribution is 6.34. The van der Waals surface area contributed by atoms with E-state index in [1.165, 1.54) is 0 Å². The first-order valence-electron chi connectivity index (χ1n) is 7.18. The van der Waals surface area contributed by atoms with Gasteiger partial charge in [-0.25, -0.2) is 0 Å². The third-order valence-electron chi connectivity index (χ3n) is 4.33. The van der Waals surface area contributed by atoms with E-state index in [1.54, 1.807) is 30.4 Å². The molecule has 2 aliphatic rings. The number of halogens is 2. The maximum absolute atomic E-state index is 12.4. The van der Waals surface area contributed by atoms with Crippen LogP contribution in [0.25, 0.3) is 6.08 Å². The van der Waals surface area contributed by atoms with Crippen LogP contribution in [0.3, 0.4) is 0 Å². The van der Waals surface area contributed by atoms with Crippen LogP contribution < -0.4 is 0 Å². The van der Waals surface area contributed by atoms with Gasteiger partial charge in [-0.1, -0.05) is 23.2 Å². The molecule has 2 bridgehead atoms. The van der Waals surface area contributed by atoms with E-state index in [0.717, 1.165) is 18.4 Å². The second-order valence-corrected chi connectivity index (χ2v) is 6.60. The number of carbonyl (C=O) groups is 1. The number of amides is 1. The smallest absolute Gasteiger partial charge is 0.247 e. The van der Waals surface area contributed by atoms with Crippen molar-refractivity contribution in [3.05, 3.63) is 39.9 Å². The van der Waals surface area contributed by atoms with Crippen molar-refractivity contribution in [1.29, 1.82) is 0 Å². The van der Waals surface area contributed by atoms with Crippen LogP contribution in [0.5, 0.6) is 0 Å². The second-order valence-electron chi connectivity index (χ2n) is 5.75. The number of aliphatic hydroxyl groups excluding tert-OH is 1. The molecule has 2 unspecified atom stereocenters. The molecule has 1 N–H and O–H groups in total. The zero-order chi connectivity index (χ0) is 15.0. The van der Waals surface area contributed by atoms with Crippen LogP contribution in [-0.4, -0.2) is 34.1 Å². The highest BCUT2D eigenvalue weighted by atomic mass is 35.5. The quantitative estimate of drug-likeness (QED) is 0.845. The van der Waals surface area contributed by atoms with Crippen LogP contribution >= 0.6 is 23.2 Å². The fourth-order valence-electron chi connectivity index (χ4n) is 3.40. The Morgan fingerprint density at radius 2 is 1.90 bits per heavy atom. The Morgan fingerprint density at radius 1 is 1.24 bits per heavy atom. The Morgan fingerprint density at radius 3 is 2.57 bits per heavy atom. The maximum atomic E-state index is 12.4. The van der Waals surface area contributed by atoms with E-state index in [2.05, 4.69) is 0 Å². The predicted molar refractivity (Wildman–Crippen MR) is 84.4 cm³/mol. The van der Waals surface area contributed by atoms with Crippen molar-refractivity contribution in [3.63, 3.8) is 0 Å². The standard InChI is InChI=1S/C16H17Cl2NO2/c17-11-2-5-15(18)10(7-11)1-6-16(21)19-12-3-4-13(19)9-14(20)8-12/h1-2,5-7,12-14,20H,3-4,8-9H2. The molecular weight excluding hydrogens is 309 g/mol. The van der Waals surface area contributed by atoms with Gasteiger partial charge < -0.3 is 10.0 Å². The molecule has 3 rings (SSSR count). The molecule has 2 aliphatic heterocycles. The molecule has 21 heavy (non-hydrogen) atoms. The number of rotatable bonds is 2. The van der Waals surface area contributed by atoms with E-state index in [4.69, 9.17) is 23.2 Å². The van der Waals surface area contributed by atoms with Gasteiger partial charge in [0, 0.05) is 28.2 Å². The van der Waals surface area contributed by atoms with E-state index in [9.17, 15) is 9.90 Å². The van der Waals surface area contributed by atoms with Gasteiger partial charge in [0.25, 0.3) is 0 Å². The minimum Gasteiger partial charge on any atom is -0.393 e. The lowest BCUT2D eigenvalue weighted by atomic mass is 10.00. The van der Waals surface area contributed by atoms with Crippen LogP contribution in [0, 0.1) is 0 Å². The topological polar surface area (TPSA) is 40.5 Å². The van der Waals surface area contributed by atoms with Crippen molar-refractivity contribution >= 4 is 35.2 Å². The van der Waals surface area contributed by atoms with Crippen molar-refractivity contribution in [2.75, 3.05) is 0 Å². The van der Waals surface area contributed by atoms with Crippen LogP contribution in [-0.2, 0) is 4.79 Å². The minimum absolute atomic E-state index is 0.00885. The Hall–Kier alpha value is -1.03. The molecule has 2 heterocycles. The average molecular weight is 326 g/mol. The average Bonchev–Trinajstić information content (AvgIpc) is 2.72. The first-order chi connectivity index (χ1) is 10.0. The number of piperidine rings is 1. The molecular formula is C16H17Cl2NO2. The molecule has 1 amide bonds. The van der Waals surface area contributed by atoms with E-state index in [-0.39, 0.29) is 24.1 Å². The van der Waals surface area contributed by atoms with E-state index >= 15 is 0 Å². The molecule has 112 valence electrons. The number of hydrogen-bond acceptors (Lipinski definition) is 2. The third-order valence-corrected chi connectivity index (χ3v) is 4.91. The lowest BCUT2D eigenvalue weighted by molar-refractivity contribution is -0.131. The van der Waals surface area contributed by atoms with Crippen molar-refractivity contribution < 1.29 is 9.90 Å². The Bertz CT molecular complexity index is 574. The molecule has 0 radical (unpaired) electrons. The molecule has 1 aromatic rings. The Balaban J connectivity index is 1.75. The number of fused-ring (bicyclic) bond motifs is 2. The number of hydrogen-bond donors (Lipinski definition) is 1. The molecule has 0 aliphatic carbocycles. The van der Waals surface area contributed by atoms with Gasteiger partial charge in [0.1, 0.15) is 0 Å². The zero-order valence-electron chi connectivity index (χ0n) is 11.5. The van der Waals surface area contributed by atoms with Gasteiger partial charge in [-0.2, -0.15) is 0 Å². The minimum atomic E-state index is -0.266. The summed E-state index contributed by atoms with van der Waals surface area (Å²) in [5, 5.41) is 10.9. The highest BCUT2D eigenvalue weighted by Crippen LogP contribution is 2.36. The van der Waals surface area contributed by atoms with Crippen LogP contribution in [0.1, 0.15) is 31.2 Å². The largest absolute Gasteiger partial charge is 0.393 e. The molecule has 2 fully saturated rings. The molecule has 3 nitrogen and oxygen atoms in total. The first kappa shape index (κ1) is 14.9. The molecule has 2 atom stereocenters.